The van der Waals surface area contributed by atoms with E-state index in [2.05, 4.69) is 9.88 Å². The van der Waals surface area contributed by atoms with Gasteiger partial charge in [-0.25, -0.2) is 8.42 Å². The maximum absolute atomic E-state index is 11.4. The van der Waals surface area contributed by atoms with Crippen LogP contribution in [0.15, 0.2) is 18.3 Å². The molecule has 2 rings (SSSR count). The zero-order valence-electron chi connectivity index (χ0n) is 11.9. The van der Waals surface area contributed by atoms with Crippen molar-refractivity contribution in [2.45, 2.75) is 19.4 Å². The number of piperazine rings is 1. The molecular weight excluding hydrogens is 278 g/mol. The average molecular weight is 299 g/mol. The second kappa shape index (κ2) is 6.07. The van der Waals surface area contributed by atoms with Gasteiger partial charge in [0, 0.05) is 26.2 Å². The first-order valence-electron chi connectivity index (χ1n) is 6.76. The highest BCUT2D eigenvalue weighted by Gasteiger charge is 2.23. The highest BCUT2D eigenvalue weighted by molar-refractivity contribution is 7.88. The predicted molar refractivity (Wildman–Crippen MR) is 78.1 cm³/mol. The number of nitrogens with zero attached hydrogens (tertiary/aromatic N) is 3. The van der Waals surface area contributed by atoms with Crippen molar-refractivity contribution in [3.05, 3.63) is 24.0 Å². The fourth-order valence-corrected chi connectivity index (χ4v) is 3.10. The van der Waals surface area contributed by atoms with Crippen molar-refractivity contribution < 1.29 is 13.5 Å². The summed E-state index contributed by atoms with van der Waals surface area (Å²) in [5, 5.41) is 9.71. The normalized spacial score (nSPS) is 19.1. The van der Waals surface area contributed by atoms with Gasteiger partial charge in [0.2, 0.25) is 10.0 Å². The molecule has 1 aromatic rings. The van der Waals surface area contributed by atoms with Gasteiger partial charge in [-0.15, -0.1) is 0 Å². The summed E-state index contributed by atoms with van der Waals surface area (Å²) in [5.74, 6) is 0. The van der Waals surface area contributed by atoms with Crippen LogP contribution >= 0.6 is 0 Å². The molecule has 0 radical (unpaired) electrons. The maximum atomic E-state index is 11.4. The van der Waals surface area contributed by atoms with Crippen LogP contribution in [-0.4, -0.2) is 55.2 Å². The summed E-state index contributed by atoms with van der Waals surface area (Å²) in [6.07, 6.45) is 3.10. The van der Waals surface area contributed by atoms with E-state index >= 15 is 0 Å². The number of pyridine rings is 1. The number of aliphatic hydroxyl groups excluding tert-OH is 1. The average Bonchev–Trinajstić information content (AvgIpc) is 2.46. The van der Waals surface area contributed by atoms with E-state index in [0.717, 1.165) is 5.69 Å². The third kappa shape index (κ3) is 3.47. The lowest BCUT2D eigenvalue weighted by Crippen LogP contribution is -2.48. The molecule has 6 nitrogen and oxygen atoms in total. The first-order valence-corrected chi connectivity index (χ1v) is 8.60. The molecule has 2 heterocycles. The van der Waals surface area contributed by atoms with E-state index in [-0.39, 0.29) is 0 Å². The Balaban J connectivity index is 2.00. The van der Waals surface area contributed by atoms with Crippen LogP contribution in [0.2, 0.25) is 0 Å². The molecule has 0 aliphatic carbocycles. The second-order valence-corrected chi connectivity index (χ2v) is 7.00. The van der Waals surface area contributed by atoms with Crippen molar-refractivity contribution in [1.82, 2.24) is 9.29 Å². The van der Waals surface area contributed by atoms with Gasteiger partial charge >= 0.3 is 0 Å². The summed E-state index contributed by atoms with van der Waals surface area (Å²) in [6.45, 7) is 4.22. The van der Waals surface area contributed by atoms with Gasteiger partial charge in [-0.3, -0.25) is 4.98 Å². The summed E-state index contributed by atoms with van der Waals surface area (Å²) in [6, 6.07) is 3.75. The summed E-state index contributed by atoms with van der Waals surface area (Å²) in [5.41, 5.74) is 1.64. The third-order valence-electron chi connectivity index (χ3n) is 3.57. The fourth-order valence-electron chi connectivity index (χ4n) is 2.27. The Bertz CT molecular complexity index is 536. The zero-order valence-corrected chi connectivity index (χ0v) is 12.7. The van der Waals surface area contributed by atoms with Gasteiger partial charge in [-0.05, 0) is 18.6 Å². The van der Waals surface area contributed by atoms with E-state index in [0.29, 0.717) is 38.3 Å². The van der Waals surface area contributed by atoms with Gasteiger partial charge < -0.3 is 10.0 Å². The van der Waals surface area contributed by atoms with E-state index in [1.54, 1.807) is 6.20 Å². The van der Waals surface area contributed by atoms with Crippen molar-refractivity contribution in [2.24, 2.45) is 0 Å². The number of anilines is 1. The van der Waals surface area contributed by atoms with Gasteiger partial charge in [-0.2, -0.15) is 4.31 Å². The summed E-state index contributed by atoms with van der Waals surface area (Å²) < 4.78 is 24.4. The van der Waals surface area contributed by atoms with Crippen LogP contribution in [0.4, 0.5) is 5.69 Å². The van der Waals surface area contributed by atoms with Gasteiger partial charge in [0.25, 0.3) is 0 Å². The lowest BCUT2D eigenvalue weighted by molar-refractivity contribution is 0.169. The van der Waals surface area contributed by atoms with Crippen LogP contribution < -0.4 is 4.90 Å². The van der Waals surface area contributed by atoms with Gasteiger partial charge in [0.1, 0.15) is 0 Å². The molecule has 1 fully saturated rings. The summed E-state index contributed by atoms with van der Waals surface area (Å²) >= 11 is 0. The lowest BCUT2D eigenvalue weighted by Gasteiger charge is -2.34. The first kappa shape index (κ1) is 15.2. The molecule has 7 heteroatoms. The highest BCUT2D eigenvalue weighted by Crippen LogP contribution is 2.20. The molecule has 0 bridgehead atoms. The monoisotopic (exact) mass is 299 g/mol. The topological polar surface area (TPSA) is 73.7 Å². The van der Waals surface area contributed by atoms with Crippen molar-refractivity contribution >= 4 is 15.7 Å². The predicted octanol–water partition coefficient (Wildman–Crippen LogP) is 0.607. The van der Waals surface area contributed by atoms with Crippen molar-refractivity contribution in [3.8, 4) is 0 Å². The SMILES string of the molecule is CC[C@@H](O)c1ccc(N2CCN(S(C)(=O)=O)CC2)cn1. The van der Waals surface area contributed by atoms with Gasteiger partial charge in [-0.1, -0.05) is 6.92 Å². The minimum Gasteiger partial charge on any atom is -0.387 e. The molecular formula is C13H21N3O3S. The number of aromatic nitrogens is 1. The van der Waals surface area contributed by atoms with E-state index < -0.39 is 16.1 Å². The molecule has 1 saturated heterocycles. The first-order chi connectivity index (χ1) is 9.41. The molecule has 0 aromatic carbocycles. The molecule has 112 valence electrons. The fraction of sp³-hybridized carbons (Fsp3) is 0.615. The Labute approximate surface area is 120 Å². The molecule has 0 saturated carbocycles. The molecule has 1 N–H and O–H groups in total. The van der Waals surface area contributed by atoms with E-state index in [1.165, 1.54) is 10.6 Å². The molecule has 1 atom stereocenters. The number of sulfonamides is 1. The Hall–Kier alpha value is -1.18. The zero-order chi connectivity index (χ0) is 14.8. The molecule has 1 aliphatic heterocycles. The van der Waals surface area contributed by atoms with Crippen LogP contribution in [0.5, 0.6) is 0 Å². The smallest absolute Gasteiger partial charge is 0.211 e. The number of aliphatic hydroxyl groups is 1. The van der Waals surface area contributed by atoms with Crippen LogP contribution in [-0.2, 0) is 10.0 Å². The number of hydrogen-bond acceptors (Lipinski definition) is 5. The lowest BCUT2D eigenvalue weighted by atomic mass is 10.2. The molecule has 1 aromatic heterocycles. The Morgan fingerprint density at radius 1 is 1.30 bits per heavy atom. The minimum atomic E-state index is -3.09. The van der Waals surface area contributed by atoms with Crippen LogP contribution in [0.3, 0.4) is 0 Å². The van der Waals surface area contributed by atoms with Crippen molar-refractivity contribution in [2.75, 3.05) is 37.3 Å². The maximum Gasteiger partial charge on any atom is 0.211 e. The largest absolute Gasteiger partial charge is 0.387 e. The van der Waals surface area contributed by atoms with Gasteiger partial charge in [0.15, 0.2) is 0 Å². The Kier molecular flexibility index (Phi) is 4.62. The quantitative estimate of drug-likeness (QED) is 0.881. The highest BCUT2D eigenvalue weighted by atomic mass is 32.2. The van der Waals surface area contributed by atoms with Crippen LogP contribution in [0, 0.1) is 0 Å². The van der Waals surface area contributed by atoms with Crippen LogP contribution in [0.25, 0.3) is 0 Å². The molecule has 20 heavy (non-hydrogen) atoms. The molecule has 0 amide bonds. The molecule has 0 spiro atoms. The molecule has 0 unspecified atom stereocenters. The Morgan fingerprint density at radius 2 is 1.95 bits per heavy atom. The number of rotatable bonds is 4. The van der Waals surface area contributed by atoms with E-state index in [9.17, 15) is 13.5 Å². The van der Waals surface area contributed by atoms with Crippen LogP contribution in [0.1, 0.15) is 25.1 Å². The summed E-state index contributed by atoms with van der Waals surface area (Å²) in [7, 11) is -3.09. The minimum absolute atomic E-state index is 0.498. The number of hydrogen-bond donors (Lipinski definition) is 1. The third-order valence-corrected chi connectivity index (χ3v) is 4.87. The molecule has 1 aliphatic rings. The second-order valence-electron chi connectivity index (χ2n) is 5.01. The standard InChI is InChI=1S/C13H21N3O3S/c1-3-13(17)12-5-4-11(10-14-12)15-6-8-16(9-7-15)20(2,18)19/h4-5,10,13,17H,3,6-9H2,1-2H3/t13-/m1/s1. The van der Waals surface area contributed by atoms with Crippen molar-refractivity contribution in [1.29, 1.82) is 0 Å². The summed E-state index contributed by atoms with van der Waals surface area (Å²) in [4.78, 5) is 6.38. The van der Waals surface area contributed by atoms with E-state index in [1.807, 2.05) is 19.1 Å². The van der Waals surface area contributed by atoms with E-state index in [4.69, 9.17) is 0 Å². The van der Waals surface area contributed by atoms with Crippen molar-refractivity contribution in [3.63, 3.8) is 0 Å². The van der Waals surface area contributed by atoms with Gasteiger partial charge in [0.05, 0.1) is 29.9 Å². The Morgan fingerprint density at radius 3 is 2.40 bits per heavy atom.